The summed E-state index contributed by atoms with van der Waals surface area (Å²) < 4.78 is 0.374. The molecule has 0 heterocycles. The molecule has 0 amide bonds. The van der Waals surface area contributed by atoms with E-state index in [0.29, 0.717) is 4.75 Å². The van der Waals surface area contributed by atoms with E-state index in [0.717, 1.165) is 24.4 Å². The van der Waals surface area contributed by atoms with E-state index in [1.54, 1.807) is 0 Å². The van der Waals surface area contributed by atoms with Gasteiger partial charge in [-0.25, -0.2) is 0 Å². The van der Waals surface area contributed by atoms with Gasteiger partial charge in [0.2, 0.25) is 0 Å². The van der Waals surface area contributed by atoms with Gasteiger partial charge >= 0.3 is 0 Å². The van der Waals surface area contributed by atoms with Crippen LogP contribution in [0.3, 0.4) is 0 Å². The third-order valence-electron chi connectivity index (χ3n) is 4.02. The van der Waals surface area contributed by atoms with Crippen molar-refractivity contribution in [2.24, 2.45) is 11.8 Å². The lowest BCUT2D eigenvalue weighted by Crippen LogP contribution is -2.45. The molecule has 2 unspecified atom stereocenters. The van der Waals surface area contributed by atoms with Gasteiger partial charge in [-0.2, -0.15) is 11.8 Å². The van der Waals surface area contributed by atoms with Gasteiger partial charge in [0.1, 0.15) is 0 Å². The number of hydrogen-bond donors (Lipinski definition) is 1. The first-order valence-corrected chi connectivity index (χ1v) is 7.97. The van der Waals surface area contributed by atoms with Crippen LogP contribution in [0.1, 0.15) is 53.4 Å². The van der Waals surface area contributed by atoms with Gasteiger partial charge in [0.05, 0.1) is 0 Å². The van der Waals surface area contributed by atoms with Crippen molar-refractivity contribution >= 4 is 11.8 Å². The van der Waals surface area contributed by atoms with Gasteiger partial charge in [0.15, 0.2) is 0 Å². The van der Waals surface area contributed by atoms with Crippen molar-refractivity contribution in [3.05, 3.63) is 0 Å². The highest BCUT2D eigenvalue weighted by molar-refractivity contribution is 7.99. The zero-order valence-corrected chi connectivity index (χ0v) is 12.5. The fraction of sp³-hybridized carbons (Fsp3) is 1.00. The lowest BCUT2D eigenvalue weighted by Gasteiger charge is -2.37. The van der Waals surface area contributed by atoms with Gasteiger partial charge in [0.25, 0.3) is 0 Å². The first kappa shape index (κ1) is 14.4. The van der Waals surface area contributed by atoms with Crippen molar-refractivity contribution in [2.75, 3.05) is 12.8 Å². The third-order valence-corrected chi connectivity index (χ3v) is 5.27. The van der Waals surface area contributed by atoms with E-state index < -0.39 is 0 Å². The second kappa shape index (κ2) is 6.30. The Morgan fingerprint density at radius 2 is 1.88 bits per heavy atom. The Kier molecular flexibility index (Phi) is 5.66. The quantitative estimate of drug-likeness (QED) is 0.785. The van der Waals surface area contributed by atoms with Gasteiger partial charge in [0, 0.05) is 17.3 Å². The van der Waals surface area contributed by atoms with Crippen LogP contribution in [0.15, 0.2) is 0 Å². The topological polar surface area (TPSA) is 12.0 Å². The normalized spacial score (nSPS) is 27.4. The van der Waals surface area contributed by atoms with Crippen LogP contribution in [0.25, 0.3) is 0 Å². The van der Waals surface area contributed by atoms with Crippen molar-refractivity contribution in [1.29, 1.82) is 0 Å². The van der Waals surface area contributed by atoms with Crippen LogP contribution in [0, 0.1) is 11.8 Å². The molecule has 0 aromatic carbocycles. The van der Waals surface area contributed by atoms with Crippen LogP contribution in [0.2, 0.25) is 0 Å². The van der Waals surface area contributed by atoms with Gasteiger partial charge in [-0.1, -0.05) is 26.7 Å². The van der Waals surface area contributed by atoms with E-state index in [-0.39, 0.29) is 0 Å². The second-order valence-corrected chi connectivity index (χ2v) is 7.66. The molecule has 0 saturated heterocycles. The zero-order valence-electron chi connectivity index (χ0n) is 11.7. The first-order valence-electron chi connectivity index (χ1n) is 6.75. The van der Waals surface area contributed by atoms with Crippen molar-refractivity contribution in [2.45, 2.75) is 64.2 Å². The lowest BCUT2D eigenvalue weighted by molar-refractivity contribution is 0.203. The summed E-state index contributed by atoms with van der Waals surface area (Å²) in [6, 6.07) is 0.764. The molecule has 0 spiro atoms. The van der Waals surface area contributed by atoms with Crippen LogP contribution in [0.5, 0.6) is 0 Å². The fourth-order valence-electron chi connectivity index (χ4n) is 2.66. The number of nitrogens with one attached hydrogen (secondary N) is 1. The average molecular weight is 243 g/mol. The summed E-state index contributed by atoms with van der Waals surface area (Å²) in [4.78, 5) is 0. The van der Waals surface area contributed by atoms with Crippen LogP contribution in [0.4, 0.5) is 0 Å². The van der Waals surface area contributed by atoms with E-state index in [2.05, 4.69) is 39.3 Å². The first-order chi connectivity index (χ1) is 7.46. The van der Waals surface area contributed by atoms with Crippen molar-refractivity contribution in [1.82, 2.24) is 5.32 Å². The Bertz CT molecular complexity index is 201. The van der Waals surface area contributed by atoms with Crippen LogP contribution >= 0.6 is 11.8 Å². The molecule has 1 nitrogen and oxygen atoms in total. The summed E-state index contributed by atoms with van der Waals surface area (Å²) in [6.45, 7) is 10.6. The van der Waals surface area contributed by atoms with Crippen molar-refractivity contribution in [3.8, 4) is 0 Å². The maximum absolute atomic E-state index is 3.82. The number of rotatable bonds is 5. The number of thioether (sulfide) groups is 1. The Morgan fingerprint density at radius 3 is 2.44 bits per heavy atom. The summed E-state index contributed by atoms with van der Waals surface area (Å²) in [5.41, 5.74) is 0. The van der Waals surface area contributed by atoms with E-state index in [1.807, 2.05) is 11.8 Å². The Balaban J connectivity index is 2.44. The standard InChI is InChI=1S/C14H29NS/c1-11(2)12-8-6-7-9-13(12)15-10-14(3,4)16-5/h11-13,15H,6-10H2,1-5H3. The predicted octanol–water partition coefficient (Wildman–Crippen LogP) is 3.93. The lowest BCUT2D eigenvalue weighted by atomic mass is 9.78. The monoisotopic (exact) mass is 243 g/mol. The summed E-state index contributed by atoms with van der Waals surface area (Å²) >= 11 is 1.96. The molecule has 2 heteroatoms. The van der Waals surface area contributed by atoms with Gasteiger partial charge in [-0.3, -0.25) is 0 Å². The van der Waals surface area contributed by atoms with E-state index in [9.17, 15) is 0 Å². The van der Waals surface area contributed by atoms with E-state index in [4.69, 9.17) is 0 Å². The summed E-state index contributed by atoms with van der Waals surface area (Å²) in [6.07, 6.45) is 7.87. The predicted molar refractivity (Wildman–Crippen MR) is 76.2 cm³/mol. The van der Waals surface area contributed by atoms with Crippen LogP contribution in [-0.4, -0.2) is 23.6 Å². The summed E-state index contributed by atoms with van der Waals surface area (Å²) in [7, 11) is 0. The SMILES string of the molecule is CSC(C)(C)CNC1CCCCC1C(C)C. The van der Waals surface area contributed by atoms with Gasteiger partial charge in [-0.15, -0.1) is 0 Å². The molecular formula is C14H29NS. The maximum Gasteiger partial charge on any atom is 0.0225 e. The highest BCUT2D eigenvalue weighted by Crippen LogP contribution is 2.31. The Hall–Kier alpha value is 0.310. The second-order valence-electron chi connectivity index (χ2n) is 6.14. The molecule has 1 saturated carbocycles. The van der Waals surface area contributed by atoms with Crippen molar-refractivity contribution in [3.63, 3.8) is 0 Å². The van der Waals surface area contributed by atoms with E-state index >= 15 is 0 Å². The molecule has 1 aliphatic carbocycles. The molecule has 0 bridgehead atoms. The van der Waals surface area contributed by atoms with Gasteiger partial charge in [-0.05, 0) is 44.8 Å². The summed E-state index contributed by atoms with van der Waals surface area (Å²) in [5, 5.41) is 3.82. The molecule has 1 rings (SSSR count). The fourth-order valence-corrected chi connectivity index (χ4v) is 2.89. The van der Waals surface area contributed by atoms with Gasteiger partial charge < -0.3 is 5.32 Å². The molecule has 1 N–H and O–H groups in total. The highest BCUT2D eigenvalue weighted by Gasteiger charge is 2.28. The minimum absolute atomic E-state index is 0.374. The maximum atomic E-state index is 3.82. The molecule has 16 heavy (non-hydrogen) atoms. The molecule has 1 aliphatic rings. The minimum atomic E-state index is 0.374. The molecule has 0 radical (unpaired) electrons. The molecule has 96 valence electrons. The largest absolute Gasteiger partial charge is 0.312 e. The summed E-state index contributed by atoms with van der Waals surface area (Å²) in [5.74, 6) is 1.72. The van der Waals surface area contributed by atoms with Crippen molar-refractivity contribution < 1.29 is 0 Å². The highest BCUT2D eigenvalue weighted by atomic mass is 32.2. The Labute approximate surface area is 106 Å². The Morgan fingerprint density at radius 1 is 1.25 bits per heavy atom. The number of hydrogen-bond acceptors (Lipinski definition) is 2. The zero-order chi connectivity index (χ0) is 12.2. The molecule has 0 aliphatic heterocycles. The molecule has 0 aromatic heterocycles. The molecule has 1 fully saturated rings. The van der Waals surface area contributed by atoms with E-state index in [1.165, 1.54) is 25.7 Å². The molecule has 0 aromatic rings. The molecule has 2 atom stereocenters. The average Bonchev–Trinajstić information content (AvgIpc) is 2.27. The minimum Gasteiger partial charge on any atom is -0.312 e. The van der Waals surface area contributed by atoms with Crippen LogP contribution < -0.4 is 5.32 Å². The smallest absolute Gasteiger partial charge is 0.0225 e. The third kappa shape index (κ3) is 4.29. The van der Waals surface area contributed by atoms with Crippen LogP contribution in [-0.2, 0) is 0 Å². The molecular weight excluding hydrogens is 214 g/mol.